The Hall–Kier alpha value is -0.990. The van der Waals surface area contributed by atoms with Gasteiger partial charge in [-0.15, -0.1) is 0 Å². The van der Waals surface area contributed by atoms with Crippen molar-refractivity contribution in [2.75, 3.05) is 5.73 Å². The van der Waals surface area contributed by atoms with Crippen LogP contribution < -0.4 is 5.73 Å². The zero-order valence-electron chi connectivity index (χ0n) is 4.76. The normalized spacial score (nSPS) is 9.62. The van der Waals surface area contributed by atoms with E-state index in [9.17, 15) is 0 Å². The van der Waals surface area contributed by atoms with E-state index >= 15 is 0 Å². The molecule has 1 heterocycles. The second-order valence-electron chi connectivity index (χ2n) is 1.53. The van der Waals surface area contributed by atoms with E-state index in [1.165, 1.54) is 0 Å². The summed E-state index contributed by atoms with van der Waals surface area (Å²) in [6.45, 7) is 2.82. The molecule has 0 bridgehead atoms. The summed E-state index contributed by atoms with van der Waals surface area (Å²) in [6.07, 6.45) is 4.40. The lowest BCUT2D eigenvalue weighted by atomic mass is 10.6. The molecular weight excluding hydrogens is 102 g/mol. The zero-order chi connectivity index (χ0) is 5.98. The molecule has 0 spiro atoms. The fourth-order valence-corrected chi connectivity index (χ4v) is 0.499. The molecule has 8 heavy (non-hydrogen) atoms. The molecular formula is C5H8N3. The van der Waals surface area contributed by atoms with Crippen LogP contribution in [0.25, 0.3) is 0 Å². The summed E-state index contributed by atoms with van der Waals surface area (Å²) in [5.41, 5.74) is 5.92. The summed E-state index contributed by atoms with van der Waals surface area (Å²) in [5, 5.41) is 3.87. The third-order valence-corrected chi connectivity index (χ3v) is 0.894. The third-order valence-electron chi connectivity index (χ3n) is 0.894. The van der Waals surface area contributed by atoms with Crippen molar-refractivity contribution in [1.82, 2.24) is 9.78 Å². The highest BCUT2D eigenvalue weighted by molar-refractivity contribution is 5.28. The topological polar surface area (TPSA) is 43.8 Å². The number of nitrogen functional groups attached to an aromatic ring is 1. The summed E-state index contributed by atoms with van der Waals surface area (Å²) in [5.74, 6) is 0. The van der Waals surface area contributed by atoms with Crippen LogP contribution in [0.3, 0.4) is 0 Å². The molecule has 0 fully saturated rings. The monoisotopic (exact) mass is 110 g/mol. The van der Waals surface area contributed by atoms with Crippen LogP contribution in [0.2, 0.25) is 0 Å². The maximum atomic E-state index is 5.32. The second-order valence-corrected chi connectivity index (χ2v) is 1.53. The Morgan fingerprint density at radius 3 is 3.00 bits per heavy atom. The number of hydrogen-bond donors (Lipinski definition) is 1. The first-order valence-corrected chi connectivity index (χ1v) is 2.53. The molecule has 3 nitrogen and oxygen atoms in total. The molecule has 1 rings (SSSR count). The maximum absolute atomic E-state index is 5.32. The summed E-state index contributed by atoms with van der Waals surface area (Å²) >= 11 is 0. The van der Waals surface area contributed by atoms with Gasteiger partial charge in [-0.1, -0.05) is 0 Å². The van der Waals surface area contributed by atoms with Crippen LogP contribution in [0.5, 0.6) is 0 Å². The number of nitrogens with zero attached hydrogens (tertiary/aromatic N) is 2. The lowest BCUT2D eigenvalue weighted by Crippen LogP contribution is -1.92. The Morgan fingerprint density at radius 2 is 2.75 bits per heavy atom. The summed E-state index contributed by atoms with van der Waals surface area (Å²) in [4.78, 5) is 0. The first-order chi connectivity index (χ1) is 3.83. The molecule has 0 unspecified atom stereocenters. The van der Waals surface area contributed by atoms with Crippen LogP contribution in [0, 0.1) is 6.20 Å². The first-order valence-electron chi connectivity index (χ1n) is 2.53. The molecule has 1 aromatic heterocycles. The molecule has 2 N–H and O–H groups in total. The lowest BCUT2D eigenvalue weighted by Gasteiger charge is -1.86. The minimum Gasteiger partial charge on any atom is -0.396 e. The van der Waals surface area contributed by atoms with Crippen molar-refractivity contribution in [1.29, 1.82) is 0 Å². The summed E-state index contributed by atoms with van der Waals surface area (Å²) in [6, 6.07) is 0. The smallest absolute Gasteiger partial charge is 0.111 e. The van der Waals surface area contributed by atoms with Crippen LogP contribution in [0.4, 0.5) is 5.69 Å². The average Bonchev–Trinajstić information content (AvgIpc) is 2.14. The number of nitrogens with two attached hydrogens (primary N) is 1. The Morgan fingerprint density at radius 1 is 2.00 bits per heavy atom. The van der Waals surface area contributed by atoms with Crippen LogP contribution in [0.1, 0.15) is 6.92 Å². The van der Waals surface area contributed by atoms with Crippen molar-refractivity contribution in [2.45, 2.75) is 13.5 Å². The van der Waals surface area contributed by atoms with Crippen molar-refractivity contribution in [3.8, 4) is 0 Å². The summed E-state index contributed by atoms with van der Waals surface area (Å²) < 4.78 is 1.66. The molecule has 1 radical (unpaired) electrons. The van der Waals surface area contributed by atoms with E-state index in [0.717, 1.165) is 6.54 Å². The van der Waals surface area contributed by atoms with Gasteiger partial charge in [0.05, 0.1) is 11.9 Å². The van der Waals surface area contributed by atoms with E-state index in [1.54, 1.807) is 10.9 Å². The van der Waals surface area contributed by atoms with Gasteiger partial charge in [-0.2, -0.15) is 5.10 Å². The van der Waals surface area contributed by atoms with Gasteiger partial charge in [-0.25, -0.2) is 0 Å². The maximum Gasteiger partial charge on any atom is 0.111 e. The van der Waals surface area contributed by atoms with Crippen molar-refractivity contribution in [3.05, 3.63) is 12.4 Å². The van der Waals surface area contributed by atoms with Crippen molar-refractivity contribution in [3.63, 3.8) is 0 Å². The number of rotatable bonds is 1. The van der Waals surface area contributed by atoms with Crippen LogP contribution in [0.15, 0.2) is 6.20 Å². The predicted molar refractivity (Wildman–Crippen MR) is 31.1 cm³/mol. The minimum absolute atomic E-state index is 0.604. The lowest BCUT2D eigenvalue weighted by molar-refractivity contribution is 0.655. The molecule has 0 aliphatic rings. The van der Waals surface area contributed by atoms with E-state index < -0.39 is 0 Å². The average molecular weight is 110 g/mol. The molecule has 0 aromatic carbocycles. The Kier molecular flexibility index (Phi) is 1.20. The molecule has 0 amide bonds. The van der Waals surface area contributed by atoms with Crippen LogP contribution >= 0.6 is 0 Å². The second kappa shape index (κ2) is 1.86. The van der Waals surface area contributed by atoms with Crippen molar-refractivity contribution < 1.29 is 0 Å². The van der Waals surface area contributed by atoms with Gasteiger partial charge in [0.15, 0.2) is 0 Å². The predicted octanol–water partition coefficient (Wildman–Crippen LogP) is 0.285. The van der Waals surface area contributed by atoms with Crippen molar-refractivity contribution in [2.24, 2.45) is 0 Å². The highest BCUT2D eigenvalue weighted by Crippen LogP contribution is 1.94. The van der Waals surface area contributed by atoms with E-state index in [-0.39, 0.29) is 0 Å². The van der Waals surface area contributed by atoms with E-state index in [1.807, 2.05) is 6.92 Å². The molecule has 0 saturated carbocycles. The molecule has 0 aliphatic carbocycles. The highest BCUT2D eigenvalue weighted by Gasteiger charge is 1.88. The quantitative estimate of drug-likeness (QED) is 0.564. The van der Waals surface area contributed by atoms with Crippen molar-refractivity contribution >= 4 is 5.69 Å². The Bertz CT molecular complexity index is 168. The van der Waals surface area contributed by atoms with Gasteiger partial charge in [-0.05, 0) is 6.92 Å². The molecule has 1 aromatic rings. The third kappa shape index (κ3) is 0.804. The molecule has 43 valence electrons. The van der Waals surface area contributed by atoms with E-state index in [2.05, 4.69) is 11.3 Å². The Balaban J connectivity index is 2.84. The fourth-order valence-electron chi connectivity index (χ4n) is 0.499. The molecule has 3 heteroatoms. The molecule has 0 atom stereocenters. The summed E-state index contributed by atoms with van der Waals surface area (Å²) in [7, 11) is 0. The first kappa shape index (κ1) is 5.15. The van der Waals surface area contributed by atoms with Gasteiger partial charge in [0, 0.05) is 6.54 Å². The Labute approximate surface area is 48.1 Å². The van der Waals surface area contributed by atoms with Gasteiger partial charge in [-0.3, -0.25) is 4.68 Å². The number of anilines is 1. The van der Waals surface area contributed by atoms with Gasteiger partial charge >= 0.3 is 0 Å². The fraction of sp³-hybridized carbons (Fsp3) is 0.400. The minimum atomic E-state index is 0.604. The zero-order valence-corrected chi connectivity index (χ0v) is 4.76. The molecule has 0 saturated heterocycles. The standard InChI is InChI=1S/C5H8N3/c1-2-8-4-5(6)3-7-8/h3H,2,6H2,1H3. The number of aromatic nitrogens is 2. The van der Waals surface area contributed by atoms with E-state index in [4.69, 9.17) is 5.73 Å². The largest absolute Gasteiger partial charge is 0.396 e. The van der Waals surface area contributed by atoms with E-state index in [0.29, 0.717) is 5.69 Å². The van der Waals surface area contributed by atoms with Gasteiger partial charge < -0.3 is 5.73 Å². The number of aryl methyl sites for hydroxylation is 1. The van der Waals surface area contributed by atoms with Gasteiger partial charge in [0.25, 0.3) is 0 Å². The molecule has 0 aliphatic heterocycles. The van der Waals surface area contributed by atoms with Gasteiger partial charge in [0.2, 0.25) is 0 Å². The van der Waals surface area contributed by atoms with Crippen LogP contribution in [-0.4, -0.2) is 9.78 Å². The highest BCUT2D eigenvalue weighted by atomic mass is 15.3. The number of hydrogen-bond acceptors (Lipinski definition) is 2. The van der Waals surface area contributed by atoms with Gasteiger partial charge in [0.1, 0.15) is 6.20 Å². The van der Waals surface area contributed by atoms with Crippen LogP contribution in [-0.2, 0) is 6.54 Å². The SMILES string of the molecule is CCn1[c]c(N)cn1.